The van der Waals surface area contributed by atoms with Crippen LogP contribution in [0.2, 0.25) is 0 Å². The predicted molar refractivity (Wildman–Crippen MR) is 96.4 cm³/mol. The number of nitrogens with zero attached hydrogens (tertiary/aromatic N) is 1. The molecule has 0 spiro atoms. The molecule has 1 heterocycles. The number of nitrogens with one attached hydrogen (secondary N) is 1. The Morgan fingerprint density at radius 2 is 2.17 bits per heavy atom. The van der Waals surface area contributed by atoms with Crippen molar-refractivity contribution in [2.75, 3.05) is 0 Å². The molecule has 2 aliphatic carbocycles. The van der Waals surface area contributed by atoms with Crippen molar-refractivity contribution in [2.45, 2.75) is 50.5 Å². The zero-order valence-electron chi connectivity index (χ0n) is 13.8. The van der Waals surface area contributed by atoms with Gasteiger partial charge >= 0.3 is 0 Å². The Kier molecular flexibility index (Phi) is 4.56. The van der Waals surface area contributed by atoms with Gasteiger partial charge in [-0.1, -0.05) is 31.2 Å². The van der Waals surface area contributed by atoms with E-state index in [4.69, 9.17) is 5.73 Å². The standard InChI is InChI=1S/C20H27N3/c1-17(18-8-3-6-15-22-18)23-20-11-7-10-19(16-20,12-13-20)9-4-2-5-14-21/h2-6,8,14-15,23H,1,7,9-13,16,21H2/b4-2-,14-5-. The first-order chi connectivity index (χ1) is 11.2. The molecule has 2 unspecified atom stereocenters. The number of hydrogen-bond acceptors (Lipinski definition) is 3. The van der Waals surface area contributed by atoms with Gasteiger partial charge < -0.3 is 11.1 Å². The highest BCUT2D eigenvalue weighted by atomic mass is 15.0. The fourth-order valence-corrected chi connectivity index (χ4v) is 4.46. The molecule has 2 saturated carbocycles. The van der Waals surface area contributed by atoms with Gasteiger partial charge in [-0.3, -0.25) is 4.98 Å². The molecule has 2 atom stereocenters. The molecule has 0 aromatic carbocycles. The Morgan fingerprint density at radius 1 is 1.26 bits per heavy atom. The minimum Gasteiger partial charge on any atom is -0.405 e. The van der Waals surface area contributed by atoms with Crippen LogP contribution in [0, 0.1) is 5.41 Å². The second-order valence-corrected chi connectivity index (χ2v) is 7.15. The second-order valence-electron chi connectivity index (χ2n) is 7.15. The normalized spacial score (nSPS) is 30.1. The van der Waals surface area contributed by atoms with Crippen LogP contribution in [0.5, 0.6) is 0 Å². The van der Waals surface area contributed by atoms with Crippen molar-refractivity contribution in [3.8, 4) is 0 Å². The average Bonchev–Trinajstić information content (AvgIpc) is 2.83. The van der Waals surface area contributed by atoms with Gasteiger partial charge in [-0.15, -0.1) is 0 Å². The molecular formula is C20H27N3. The third-order valence-electron chi connectivity index (χ3n) is 5.51. The van der Waals surface area contributed by atoms with E-state index in [1.54, 1.807) is 6.20 Å². The average molecular weight is 309 g/mol. The maximum absolute atomic E-state index is 5.40. The molecule has 1 aromatic heterocycles. The summed E-state index contributed by atoms with van der Waals surface area (Å²) in [6.07, 6.45) is 18.5. The summed E-state index contributed by atoms with van der Waals surface area (Å²) in [6.45, 7) is 4.23. The number of aromatic nitrogens is 1. The molecule has 3 nitrogen and oxygen atoms in total. The minimum absolute atomic E-state index is 0.213. The molecule has 0 aliphatic heterocycles. The predicted octanol–water partition coefficient (Wildman–Crippen LogP) is 4.15. The number of nitrogens with two attached hydrogens (primary N) is 1. The highest BCUT2D eigenvalue weighted by Gasteiger charge is 2.50. The zero-order valence-corrected chi connectivity index (χ0v) is 13.8. The van der Waals surface area contributed by atoms with E-state index in [9.17, 15) is 0 Å². The smallest absolute Gasteiger partial charge is 0.0854 e. The van der Waals surface area contributed by atoms with Crippen molar-refractivity contribution in [2.24, 2.45) is 11.1 Å². The number of fused-ring (bicyclic) bond motifs is 2. The first-order valence-electron chi connectivity index (χ1n) is 8.59. The van der Waals surface area contributed by atoms with Crippen LogP contribution in [0.3, 0.4) is 0 Å². The van der Waals surface area contributed by atoms with Crippen LogP contribution >= 0.6 is 0 Å². The molecular weight excluding hydrogens is 282 g/mol. The lowest BCUT2D eigenvalue weighted by Crippen LogP contribution is -2.45. The number of rotatable bonds is 6. The molecule has 1 aromatic rings. The Hall–Kier alpha value is -2.03. The summed E-state index contributed by atoms with van der Waals surface area (Å²) in [6, 6.07) is 5.99. The summed E-state index contributed by atoms with van der Waals surface area (Å²) < 4.78 is 0. The lowest BCUT2D eigenvalue weighted by molar-refractivity contribution is 0.181. The van der Waals surface area contributed by atoms with Gasteiger partial charge in [0.1, 0.15) is 0 Å². The van der Waals surface area contributed by atoms with Crippen LogP contribution in [0.1, 0.15) is 50.6 Å². The van der Waals surface area contributed by atoms with Crippen LogP contribution in [0.15, 0.2) is 55.4 Å². The lowest BCUT2D eigenvalue weighted by Gasteiger charge is -2.40. The lowest BCUT2D eigenvalue weighted by atomic mass is 9.71. The summed E-state index contributed by atoms with van der Waals surface area (Å²) in [5.41, 5.74) is 7.98. The first-order valence-corrected chi connectivity index (χ1v) is 8.59. The van der Waals surface area contributed by atoms with E-state index in [0.29, 0.717) is 5.41 Å². The largest absolute Gasteiger partial charge is 0.405 e. The first kappa shape index (κ1) is 15.9. The zero-order chi connectivity index (χ0) is 16.2. The fourth-order valence-electron chi connectivity index (χ4n) is 4.46. The van der Waals surface area contributed by atoms with Crippen molar-refractivity contribution < 1.29 is 0 Å². The highest BCUT2D eigenvalue weighted by Crippen LogP contribution is 2.56. The van der Waals surface area contributed by atoms with Gasteiger partial charge in [0.15, 0.2) is 0 Å². The Bertz CT molecular complexity index is 605. The summed E-state index contributed by atoms with van der Waals surface area (Å²) >= 11 is 0. The third-order valence-corrected chi connectivity index (χ3v) is 5.51. The van der Waals surface area contributed by atoms with E-state index in [-0.39, 0.29) is 5.54 Å². The van der Waals surface area contributed by atoms with Gasteiger partial charge in [0.25, 0.3) is 0 Å². The van der Waals surface area contributed by atoms with Gasteiger partial charge in [0.2, 0.25) is 0 Å². The molecule has 3 rings (SSSR count). The van der Waals surface area contributed by atoms with E-state index in [1.165, 1.54) is 38.5 Å². The minimum atomic E-state index is 0.213. The van der Waals surface area contributed by atoms with E-state index in [2.05, 4.69) is 29.0 Å². The molecule has 2 bridgehead atoms. The topological polar surface area (TPSA) is 50.9 Å². The Balaban J connectivity index is 1.67. The van der Waals surface area contributed by atoms with Crippen LogP contribution < -0.4 is 11.1 Å². The Labute approximate surface area is 139 Å². The number of pyridine rings is 1. The van der Waals surface area contributed by atoms with Crippen molar-refractivity contribution >= 4 is 5.70 Å². The maximum atomic E-state index is 5.40. The van der Waals surface area contributed by atoms with Gasteiger partial charge in [0.05, 0.1) is 11.4 Å². The van der Waals surface area contributed by atoms with Crippen molar-refractivity contribution in [1.82, 2.24) is 10.3 Å². The van der Waals surface area contributed by atoms with Crippen LogP contribution in [-0.4, -0.2) is 10.5 Å². The maximum Gasteiger partial charge on any atom is 0.0854 e. The number of allylic oxidation sites excluding steroid dienone is 3. The van der Waals surface area contributed by atoms with E-state index < -0.39 is 0 Å². The van der Waals surface area contributed by atoms with Crippen molar-refractivity contribution in [1.29, 1.82) is 0 Å². The molecule has 2 aliphatic rings. The SMILES string of the molecule is C=C(NC12CCCC(C/C=C\C=C/N)(CC1)C2)c1ccccn1. The molecule has 0 radical (unpaired) electrons. The Morgan fingerprint density at radius 3 is 2.96 bits per heavy atom. The molecule has 122 valence electrons. The van der Waals surface area contributed by atoms with Gasteiger partial charge in [-0.05, 0) is 68.3 Å². The van der Waals surface area contributed by atoms with Crippen molar-refractivity contribution in [3.63, 3.8) is 0 Å². The van der Waals surface area contributed by atoms with Crippen LogP contribution in [0.25, 0.3) is 5.70 Å². The summed E-state index contributed by atoms with van der Waals surface area (Å²) in [7, 11) is 0. The molecule has 0 amide bonds. The monoisotopic (exact) mass is 309 g/mol. The van der Waals surface area contributed by atoms with Gasteiger partial charge in [0, 0.05) is 11.7 Å². The van der Waals surface area contributed by atoms with E-state index in [1.807, 2.05) is 30.5 Å². The quantitative estimate of drug-likeness (QED) is 0.776. The summed E-state index contributed by atoms with van der Waals surface area (Å²) in [4.78, 5) is 4.42. The fraction of sp³-hybridized carbons (Fsp3) is 0.450. The molecule has 3 heteroatoms. The molecule has 0 saturated heterocycles. The van der Waals surface area contributed by atoms with Gasteiger partial charge in [-0.25, -0.2) is 0 Å². The third kappa shape index (κ3) is 3.49. The molecule has 23 heavy (non-hydrogen) atoms. The number of hydrogen-bond donors (Lipinski definition) is 2. The van der Waals surface area contributed by atoms with Crippen LogP contribution in [0.4, 0.5) is 0 Å². The molecule has 2 fully saturated rings. The summed E-state index contributed by atoms with van der Waals surface area (Å²) in [5.74, 6) is 0. The van der Waals surface area contributed by atoms with Crippen LogP contribution in [-0.2, 0) is 0 Å². The summed E-state index contributed by atoms with van der Waals surface area (Å²) in [5, 5.41) is 3.75. The second kappa shape index (κ2) is 6.61. The van der Waals surface area contributed by atoms with Gasteiger partial charge in [-0.2, -0.15) is 0 Å². The highest BCUT2D eigenvalue weighted by molar-refractivity contribution is 5.58. The van der Waals surface area contributed by atoms with Crippen molar-refractivity contribution in [3.05, 3.63) is 61.1 Å². The van der Waals surface area contributed by atoms with E-state index >= 15 is 0 Å². The van der Waals surface area contributed by atoms with E-state index in [0.717, 1.165) is 17.8 Å². The molecule has 3 N–H and O–H groups in total.